The van der Waals surface area contributed by atoms with Crippen molar-refractivity contribution in [3.8, 4) is 0 Å². The number of nitrogens with zero attached hydrogens (tertiary/aromatic N) is 1. The summed E-state index contributed by atoms with van der Waals surface area (Å²) >= 11 is 1.53. The van der Waals surface area contributed by atoms with Crippen LogP contribution in [0.15, 0.2) is 11.6 Å². The first-order valence-electron chi connectivity index (χ1n) is 7.61. The Morgan fingerprint density at radius 1 is 1.38 bits per heavy atom. The van der Waals surface area contributed by atoms with E-state index in [4.69, 9.17) is 0 Å². The normalized spacial score (nSPS) is 11.4. The Kier molecular flexibility index (Phi) is 14.9. The fourth-order valence-corrected chi connectivity index (χ4v) is 1.83. The molecule has 0 spiro atoms. The predicted octanol–water partition coefficient (Wildman–Crippen LogP) is 3.84. The molecule has 1 aromatic heterocycles. The van der Waals surface area contributed by atoms with Crippen molar-refractivity contribution in [2.24, 2.45) is 5.41 Å². The molecule has 0 radical (unpaired) electrons. The molecule has 1 amide bonds. The average molecular weight is 316 g/mol. The van der Waals surface area contributed by atoms with Crippen molar-refractivity contribution in [3.05, 3.63) is 16.6 Å². The number of thiazole rings is 1. The second-order valence-corrected chi connectivity index (χ2v) is 6.69. The zero-order valence-corrected chi connectivity index (χ0v) is 15.5. The molecular formula is C16H33N3OS. The van der Waals surface area contributed by atoms with Gasteiger partial charge in [0.1, 0.15) is 5.01 Å². The van der Waals surface area contributed by atoms with Gasteiger partial charge in [-0.15, -0.1) is 11.3 Å². The summed E-state index contributed by atoms with van der Waals surface area (Å²) in [5, 5.41) is 8.56. The van der Waals surface area contributed by atoms with Gasteiger partial charge in [-0.2, -0.15) is 0 Å². The highest BCUT2D eigenvalue weighted by atomic mass is 32.1. The van der Waals surface area contributed by atoms with E-state index in [-0.39, 0.29) is 0 Å². The molecule has 2 N–H and O–H groups in total. The van der Waals surface area contributed by atoms with Crippen molar-refractivity contribution >= 4 is 17.7 Å². The van der Waals surface area contributed by atoms with Gasteiger partial charge in [0.05, 0.1) is 6.54 Å². The molecule has 0 aliphatic rings. The number of hydrogen-bond acceptors (Lipinski definition) is 4. The van der Waals surface area contributed by atoms with Crippen LogP contribution < -0.4 is 10.6 Å². The molecule has 4 nitrogen and oxygen atoms in total. The number of carbonyl (C=O) groups excluding carboxylic acids is 1. The maximum Gasteiger partial charge on any atom is 0.207 e. The third-order valence-electron chi connectivity index (χ3n) is 2.64. The van der Waals surface area contributed by atoms with Crippen LogP contribution in [0.3, 0.4) is 0 Å². The lowest BCUT2D eigenvalue weighted by Crippen LogP contribution is -2.22. The Labute approximate surface area is 134 Å². The molecule has 21 heavy (non-hydrogen) atoms. The topological polar surface area (TPSA) is 54.0 Å². The fourth-order valence-electron chi connectivity index (χ4n) is 1.26. The van der Waals surface area contributed by atoms with E-state index in [1.54, 1.807) is 6.20 Å². The summed E-state index contributed by atoms with van der Waals surface area (Å²) < 4.78 is 0. The molecule has 1 heterocycles. The second kappa shape index (κ2) is 14.0. The summed E-state index contributed by atoms with van der Waals surface area (Å²) in [6.45, 7) is 13.6. The minimum atomic E-state index is 0.491. The maximum absolute atomic E-state index is 9.77. The van der Waals surface area contributed by atoms with Gasteiger partial charge in [0.2, 0.25) is 6.41 Å². The lowest BCUT2D eigenvalue weighted by molar-refractivity contribution is -0.109. The van der Waals surface area contributed by atoms with E-state index in [0.29, 0.717) is 24.4 Å². The van der Waals surface area contributed by atoms with Gasteiger partial charge in [-0.25, -0.2) is 4.98 Å². The van der Waals surface area contributed by atoms with Crippen molar-refractivity contribution in [1.29, 1.82) is 0 Å². The van der Waals surface area contributed by atoms with Crippen LogP contribution in [-0.2, 0) is 11.3 Å². The standard InChI is InChI=1S/C9H21N.C5H6N2OS.C2H6/c1-8(10-5)6-7-9(2,3)4;8-4-6-3-5-7-1-2-9-5;1-2/h8,10H,6-7H2,1-5H3;1-2,4H,3H2,(H,6,8);1-2H3. The highest BCUT2D eigenvalue weighted by molar-refractivity contribution is 7.09. The van der Waals surface area contributed by atoms with Gasteiger partial charge in [-0.1, -0.05) is 34.6 Å². The molecule has 124 valence electrons. The molecule has 0 fully saturated rings. The van der Waals surface area contributed by atoms with Crippen molar-refractivity contribution in [2.45, 2.75) is 67.0 Å². The van der Waals surface area contributed by atoms with E-state index in [1.165, 1.54) is 24.2 Å². The molecule has 1 aromatic rings. The predicted molar refractivity (Wildman–Crippen MR) is 93.6 cm³/mol. The molecule has 5 heteroatoms. The Morgan fingerprint density at radius 2 is 2.00 bits per heavy atom. The van der Waals surface area contributed by atoms with Gasteiger partial charge in [0.15, 0.2) is 0 Å². The van der Waals surface area contributed by atoms with Crippen molar-refractivity contribution in [2.75, 3.05) is 7.05 Å². The Hall–Kier alpha value is -0.940. The van der Waals surface area contributed by atoms with Crippen LogP contribution in [0.4, 0.5) is 0 Å². The number of nitrogens with one attached hydrogen (secondary N) is 2. The van der Waals surface area contributed by atoms with Crippen molar-refractivity contribution < 1.29 is 4.79 Å². The third-order valence-corrected chi connectivity index (χ3v) is 3.42. The molecule has 1 unspecified atom stereocenters. The van der Waals surface area contributed by atoms with Gasteiger partial charge in [-0.3, -0.25) is 4.79 Å². The lowest BCUT2D eigenvalue weighted by Gasteiger charge is -2.20. The summed E-state index contributed by atoms with van der Waals surface area (Å²) in [7, 11) is 2.02. The maximum atomic E-state index is 9.77. The molecule has 0 saturated carbocycles. The smallest absolute Gasteiger partial charge is 0.207 e. The molecule has 0 bridgehead atoms. The highest BCUT2D eigenvalue weighted by Crippen LogP contribution is 2.21. The Balaban J connectivity index is 0. The first kappa shape index (κ1) is 22.3. The van der Waals surface area contributed by atoms with E-state index in [1.807, 2.05) is 26.3 Å². The summed E-state index contributed by atoms with van der Waals surface area (Å²) in [5.41, 5.74) is 0.491. The molecule has 0 aliphatic carbocycles. The number of rotatable bonds is 6. The summed E-state index contributed by atoms with van der Waals surface area (Å²) in [6.07, 6.45) is 4.96. The van der Waals surface area contributed by atoms with E-state index in [9.17, 15) is 4.79 Å². The summed E-state index contributed by atoms with van der Waals surface area (Å²) in [5.74, 6) is 0. The Bertz CT molecular complexity index is 321. The van der Waals surface area contributed by atoms with Crippen LogP contribution in [0.2, 0.25) is 0 Å². The molecule has 0 saturated heterocycles. The SMILES string of the molecule is CC.CNC(C)CCC(C)(C)C.O=CNCc1nccs1. The number of amides is 1. The van der Waals surface area contributed by atoms with Crippen LogP contribution in [0.5, 0.6) is 0 Å². The molecule has 1 rings (SSSR count). The fraction of sp³-hybridized carbons (Fsp3) is 0.750. The monoisotopic (exact) mass is 315 g/mol. The van der Waals surface area contributed by atoms with Gasteiger partial charge in [-0.05, 0) is 32.2 Å². The lowest BCUT2D eigenvalue weighted by atomic mass is 9.89. The number of hydrogen-bond donors (Lipinski definition) is 2. The minimum Gasteiger partial charge on any atom is -0.352 e. The van der Waals surface area contributed by atoms with Gasteiger partial charge in [0, 0.05) is 17.6 Å². The van der Waals surface area contributed by atoms with Gasteiger partial charge >= 0.3 is 0 Å². The zero-order chi connectivity index (χ0) is 16.7. The first-order chi connectivity index (χ1) is 9.89. The first-order valence-corrected chi connectivity index (χ1v) is 8.49. The molecular weight excluding hydrogens is 282 g/mol. The number of carbonyl (C=O) groups is 1. The second-order valence-electron chi connectivity index (χ2n) is 5.71. The Morgan fingerprint density at radius 3 is 2.38 bits per heavy atom. The summed E-state index contributed by atoms with van der Waals surface area (Å²) in [4.78, 5) is 13.7. The van der Waals surface area contributed by atoms with Crippen LogP contribution in [0.1, 0.15) is 59.4 Å². The largest absolute Gasteiger partial charge is 0.352 e. The molecule has 1 atom stereocenters. The average Bonchev–Trinajstić information content (AvgIpc) is 2.98. The quantitative estimate of drug-likeness (QED) is 0.784. The van der Waals surface area contributed by atoms with E-state index >= 15 is 0 Å². The van der Waals surface area contributed by atoms with Crippen LogP contribution in [0.25, 0.3) is 0 Å². The zero-order valence-electron chi connectivity index (χ0n) is 14.7. The van der Waals surface area contributed by atoms with Crippen LogP contribution in [-0.4, -0.2) is 24.5 Å². The van der Waals surface area contributed by atoms with Gasteiger partial charge < -0.3 is 10.6 Å². The molecule has 0 aromatic carbocycles. The van der Waals surface area contributed by atoms with Crippen LogP contribution >= 0.6 is 11.3 Å². The van der Waals surface area contributed by atoms with Crippen molar-refractivity contribution in [1.82, 2.24) is 15.6 Å². The van der Waals surface area contributed by atoms with E-state index < -0.39 is 0 Å². The number of aromatic nitrogens is 1. The van der Waals surface area contributed by atoms with E-state index in [0.717, 1.165) is 5.01 Å². The third kappa shape index (κ3) is 17.0. The minimum absolute atomic E-state index is 0.491. The van der Waals surface area contributed by atoms with Crippen molar-refractivity contribution in [3.63, 3.8) is 0 Å². The summed E-state index contributed by atoms with van der Waals surface area (Å²) in [6, 6.07) is 0.666. The highest BCUT2D eigenvalue weighted by Gasteiger charge is 2.10. The molecule has 0 aliphatic heterocycles. The van der Waals surface area contributed by atoms with Gasteiger partial charge in [0.25, 0.3) is 0 Å². The van der Waals surface area contributed by atoms with E-state index in [2.05, 4.69) is 43.3 Å². The van der Waals surface area contributed by atoms with Crippen LogP contribution in [0, 0.1) is 5.41 Å².